The number of phenolic OH excluding ortho intramolecular Hbond substituents is 1. The first-order valence-corrected chi connectivity index (χ1v) is 11.4. The van der Waals surface area contributed by atoms with E-state index in [4.69, 9.17) is 4.74 Å². The molecule has 4 aliphatic heterocycles. The minimum atomic E-state index is -1.29. The fourth-order valence-corrected chi connectivity index (χ4v) is 6.05. The van der Waals surface area contributed by atoms with Gasteiger partial charge in [0.1, 0.15) is 11.3 Å². The summed E-state index contributed by atoms with van der Waals surface area (Å²) in [5, 5.41) is 16.0. The second-order valence-electron chi connectivity index (χ2n) is 9.35. The zero-order valence-electron chi connectivity index (χ0n) is 18.0. The van der Waals surface area contributed by atoms with Crippen LogP contribution in [-0.4, -0.2) is 53.0 Å². The Morgan fingerprint density at radius 3 is 2.61 bits per heavy atom. The van der Waals surface area contributed by atoms with Crippen molar-refractivity contribution in [2.24, 2.45) is 11.8 Å². The van der Waals surface area contributed by atoms with Crippen molar-refractivity contribution in [2.75, 3.05) is 18.5 Å². The average molecular weight is 447 g/mol. The van der Waals surface area contributed by atoms with Gasteiger partial charge in [-0.3, -0.25) is 24.6 Å². The van der Waals surface area contributed by atoms with Gasteiger partial charge in [-0.25, -0.2) is 0 Å². The molecule has 4 heterocycles. The third-order valence-electron chi connectivity index (χ3n) is 7.52. The number of ether oxygens (including phenoxy) is 1. The number of hydrogen-bond acceptors (Lipinski definition) is 6. The largest absolute Gasteiger partial charge is 0.508 e. The summed E-state index contributed by atoms with van der Waals surface area (Å²) in [4.78, 5) is 42.1. The smallest absolute Gasteiger partial charge is 0.250 e. The average Bonchev–Trinajstić information content (AvgIpc) is 3.55. The van der Waals surface area contributed by atoms with Gasteiger partial charge in [-0.1, -0.05) is 30.3 Å². The Hall–Kier alpha value is -3.23. The number of carbonyl (C=O) groups excluding carboxylic acids is 3. The predicted octanol–water partition coefficient (Wildman–Crippen LogP) is 1.53. The van der Waals surface area contributed by atoms with Gasteiger partial charge in [-0.2, -0.15) is 0 Å². The summed E-state index contributed by atoms with van der Waals surface area (Å²) in [5.41, 5.74) is 0.988. The maximum absolute atomic E-state index is 13.7. The van der Waals surface area contributed by atoms with E-state index in [-0.39, 0.29) is 36.1 Å². The van der Waals surface area contributed by atoms with Crippen molar-refractivity contribution in [1.82, 2.24) is 10.2 Å². The molecule has 170 valence electrons. The normalized spacial score (nSPS) is 32.5. The molecule has 2 aromatic carbocycles. The van der Waals surface area contributed by atoms with Crippen LogP contribution in [0, 0.1) is 11.8 Å². The highest BCUT2D eigenvalue weighted by Gasteiger charge is 2.70. The van der Waals surface area contributed by atoms with E-state index in [0.717, 1.165) is 18.4 Å². The Bertz CT molecular complexity index is 1140. The molecule has 0 radical (unpaired) electrons. The van der Waals surface area contributed by atoms with Crippen molar-refractivity contribution >= 4 is 23.4 Å². The molecule has 6 rings (SSSR count). The van der Waals surface area contributed by atoms with Crippen LogP contribution in [-0.2, 0) is 31.1 Å². The Morgan fingerprint density at radius 2 is 1.85 bits per heavy atom. The summed E-state index contributed by atoms with van der Waals surface area (Å²) in [5.74, 6) is -2.18. The topological polar surface area (TPSA) is 108 Å². The van der Waals surface area contributed by atoms with Crippen molar-refractivity contribution in [3.8, 4) is 5.75 Å². The summed E-state index contributed by atoms with van der Waals surface area (Å²) in [6.07, 6.45) is 2.03. The molecule has 3 N–H and O–H groups in total. The fourth-order valence-electron chi connectivity index (χ4n) is 6.05. The molecule has 8 nitrogen and oxygen atoms in total. The predicted molar refractivity (Wildman–Crippen MR) is 118 cm³/mol. The summed E-state index contributed by atoms with van der Waals surface area (Å²) in [6.45, 7) is 0.869. The first-order chi connectivity index (χ1) is 16.0. The zero-order valence-corrected chi connectivity index (χ0v) is 18.0. The standard InChI is InChI=1S/C25H25N3O5/c29-15-9-7-14(8-10-15)12-19-20-21(23(31)28(22(20)30)13-16-4-3-11-33-16)25(27-19)17-5-1-2-6-18(17)26-24(25)32/h1-2,5-10,16,19-21,27,29H,3-4,11-13H2,(H,26,32). The van der Waals surface area contributed by atoms with Crippen LogP contribution in [0.1, 0.15) is 24.0 Å². The molecular formula is C25H25N3O5. The molecule has 5 atom stereocenters. The maximum atomic E-state index is 13.7. The third kappa shape index (κ3) is 2.94. The van der Waals surface area contributed by atoms with Gasteiger partial charge in [0.2, 0.25) is 17.7 Å². The molecule has 8 heteroatoms. The lowest BCUT2D eigenvalue weighted by Crippen LogP contribution is -2.54. The second-order valence-corrected chi connectivity index (χ2v) is 9.35. The number of nitrogens with one attached hydrogen (secondary N) is 2. The summed E-state index contributed by atoms with van der Waals surface area (Å²) < 4.78 is 5.70. The number of rotatable bonds is 4. The van der Waals surface area contributed by atoms with Gasteiger partial charge in [0.05, 0.1) is 24.5 Å². The number of nitrogens with zero attached hydrogens (tertiary/aromatic N) is 1. The number of carbonyl (C=O) groups is 3. The number of likely N-dealkylation sites (tertiary alicyclic amines) is 1. The van der Waals surface area contributed by atoms with Crippen LogP contribution >= 0.6 is 0 Å². The number of aromatic hydroxyl groups is 1. The molecule has 3 amide bonds. The molecule has 3 saturated heterocycles. The summed E-state index contributed by atoms with van der Waals surface area (Å²) >= 11 is 0. The first kappa shape index (κ1) is 20.4. The van der Waals surface area contributed by atoms with Crippen LogP contribution in [0.4, 0.5) is 5.69 Å². The number of imide groups is 1. The van der Waals surface area contributed by atoms with E-state index in [1.54, 1.807) is 24.3 Å². The molecule has 1 spiro atoms. The Morgan fingerprint density at radius 1 is 1.06 bits per heavy atom. The Labute approximate surface area is 190 Å². The molecule has 0 aromatic heterocycles. The van der Waals surface area contributed by atoms with Crippen molar-refractivity contribution in [2.45, 2.75) is 36.9 Å². The molecule has 33 heavy (non-hydrogen) atoms. The minimum Gasteiger partial charge on any atom is -0.508 e. The number of phenols is 1. The minimum absolute atomic E-state index is 0.152. The van der Waals surface area contributed by atoms with E-state index in [1.165, 1.54) is 4.90 Å². The maximum Gasteiger partial charge on any atom is 0.250 e. The highest BCUT2D eigenvalue weighted by Crippen LogP contribution is 2.53. The zero-order chi connectivity index (χ0) is 22.7. The van der Waals surface area contributed by atoms with Gasteiger partial charge < -0.3 is 15.2 Å². The lowest BCUT2D eigenvalue weighted by Gasteiger charge is -2.30. The van der Waals surface area contributed by atoms with Crippen molar-refractivity contribution in [1.29, 1.82) is 0 Å². The van der Waals surface area contributed by atoms with E-state index in [1.807, 2.05) is 24.3 Å². The Balaban J connectivity index is 1.42. The lowest BCUT2D eigenvalue weighted by atomic mass is 9.76. The van der Waals surface area contributed by atoms with E-state index < -0.39 is 23.4 Å². The van der Waals surface area contributed by atoms with Crippen LogP contribution in [0.25, 0.3) is 0 Å². The Kier molecular flexibility index (Phi) is 4.57. The third-order valence-corrected chi connectivity index (χ3v) is 7.52. The highest BCUT2D eigenvalue weighted by molar-refractivity contribution is 6.15. The van der Waals surface area contributed by atoms with Gasteiger partial charge in [0.15, 0.2) is 0 Å². The molecule has 0 saturated carbocycles. The van der Waals surface area contributed by atoms with E-state index in [0.29, 0.717) is 24.3 Å². The number of anilines is 1. The molecule has 5 unspecified atom stereocenters. The molecule has 0 bridgehead atoms. The molecule has 4 aliphatic rings. The second kappa shape index (κ2) is 7.40. The van der Waals surface area contributed by atoms with Gasteiger partial charge in [-0.05, 0) is 43.0 Å². The number of hydrogen-bond donors (Lipinski definition) is 3. The van der Waals surface area contributed by atoms with Crippen LogP contribution in [0.5, 0.6) is 5.75 Å². The highest BCUT2D eigenvalue weighted by atomic mass is 16.5. The molecule has 3 fully saturated rings. The number of amides is 3. The van der Waals surface area contributed by atoms with Crippen molar-refractivity contribution in [3.05, 3.63) is 59.7 Å². The lowest BCUT2D eigenvalue weighted by molar-refractivity contribution is -0.144. The SMILES string of the molecule is O=C1C2C(Cc3ccc(O)cc3)NC3(C(=O)Nc4ccccc43)C2C(=O)N1CC1CCCO1. The van der Waals surface area contributed by atoms with Gasteiger partial charge in [0.25, 0.3) is 0 Å². The number of fused-ring (bicyclic) bond motifs is 4. The first-order valence-electron chi connectivity index (χ1n) is 11.4. The fraction of sp³-hybridized carbons (Fsp3) is 0.400. The van der Waals surface area contributed by atoms with Crippen LogP contribution in [0.3, 0.4) is 0 Å². The van der Waals surface area contributed by atoms with Gasteiger partial charge >= 0.3 is 0 Å². The summed E-state index contributed by atoms with van der Waals surface area (Å²) in [7, 11) is 0. The molecule has 0 aliphatic carbocycles. The van der Waals surface area contributed by atoms with Crippen LogP contribution < -0.4 is 10.6 Å². The quantitative estimate of drug-likeness (QED) is 0.614. The van der Waals surface area contributed by atoms with E-state index >= 15 is 0 Å². The van der Waals surface area contributed by atoms with Gasteiger partial charge in [0, 0.05) is 23.9 Å². The summed E-state index contributed by atoms with van der Waals surface area (Å²) in [6, 6.07) is 13.7. The molecular weight excluding hydrogens is 422 g/mol. The van der Waals surface area contributed by atoms with Gasteiger partial charge in [-0.15, -0.1) is 0 Å². The van der Waals surface area contributed by atoms with E-state index in [9.17, 15) is 19.5 Å². The van der Waals surface area contributed by atoms with Crippen molar-refractivity contribution < 1.29 is 24.2 Å². The number of para-hydroxylation sites is 1. The van der Waals surface area contributed by atoms with Crippen LogP contribution in [0.15, 0.2) is 48.5 Å². The molecule has 2 aromatic rings. The number of benzene rings is 2. The van der Waals surface area contributed by atoms with E-state index in [2.05, 4.69) is 10.6 Å². The monoisotopic (exact) mass is 447 g/mol. The van der Waals surface area contributed by atoms with Crippen molar-refractivity contribution in [3.63, 3.8) is 0 Å². The van der Waals surface area contributed by atoms with Crippen LogP contribution in [0.2, 0.25) is 0 Å².